The minimum atomic E-state index is -0.356. The third-order valence-corrected chi connectivity index (χ3v) is 3.08. The van der Waals surface area contributed by atoms with Crippen molar-refractivity contribution in [2.24, 2.45) is 0 Å². The van der Waals surface area contributed by atoms with Crippen LogP contribution >= 0.6 is 0 Å². The number of methoxy groups -OCH3 is 1. The number of carbonyl (C=O) groups is 2. The number of carbonyl (C=O) groups excluding carboxylic acids is 2. The number of aryl methyl sites for hydroxylation is 1. The summed E-state index contributed by atoms with van der Waals surface area (Å²) in [5.41, 5.74) is 1.89. The molecule has 116 valence electrons. The highest BCUT2D eigenvalue weighted by Gasteiger charge is 2.12. The van der Waals surface area contributed by atoms with Gasteiger partial charge in [0, 0.05) is 24.9 Å². The predicted octanol–water partition coefficient (Wildman–Crippen LogP) is 2.22. The number of rotatable bonds is 6. The fourth-order valence-electron chi connectivity index (χ4n) is 1.86. The van der Waals surface area contributed by atoms with E-state index in [2.05, 4.69) is 10.6 Å². The van der Waals surface area contributed by atoms with Crippen LogP contribution in [0.3, 0.4) is 0 Å². The van der Waals surface area contributed by atoms with E-state index in [-0.39, 0.29) is 17.6 Å². The van der Waals surface area contributed by atoms with Crippen LogP contribution in [-0.4, -0.2) is 32.1 Å². The first-order valence-electron chi connectivity index (χ1n) is 6.84. The summed E-state index contributed by atoms with van der Waals surface area (Å²) >= 11 is 0. The summed E-state index contributed by atoms with van der Waals surface area (Å²) in [6.45, 7) is 2.72. The van der Waals surface area contributed by atoms with Crippen LogP contribution in [0, 0.1) is 6.92 Å². The molecule has 1 heterocycles. The molecule has 2 N–H and O–H groups in total. The maximum Gasteiger partial charge on any atom is 0.291 e. The average molecular weight is 302 g/mol. The lowest BCUT2D eigenvalue weighted by Gasteiger charge is -2.10. The zero-order chi connectivity index (χ0) is 15.9. The smallest absolute Gasteiger partial charge is 0.291 e. The maximum absolute atomic E-state index is 12.0. The van der Waals surface area contributed by atoms with Crippen molar-refractivity contribution in [2.75, 3.05) is 25.6 Å². The van der Waals surface area contributed by atoms with Gasteiger partial charge in [-0.05, 0) is 36.8 Å². The summed E-state index contributed by atoms with van der Waals surface area (Å²) in [6.07, 6.45) is 1.43. The van der Waals surface area contributed by atoms with E-state index in [4.69, 9.17) is 9.15 Å². The molecule has 0 aliphatic rings. The normalized spacial score (nSPS) is 10.3. The van der Waals surface area contributed by atoms with Gasteiger partial charge in [0.1, 0.15) is 0 Å². The number of benzene rings is 1. The molecule has 22 heavy (non-hydrogen) atoms. The van der Waals surface area contributed by atoms with E-state index in [1.54, 1.807) is 37.4 Å². The van der Waals surface area contributed by atoms with Gasteiger partial charge in [0.25, 0.3) is 11.8 Å². The minimum Gasteiger partial charge on any atom is -0.459 e. The molecule has 0 fully saturated rings. The van der Waals surface area contributed by atoms with Crippen molar-refractivity contribution in [2.45, 2.75) is 6.92 Å². The van der Waals surface area contributed by atoms with Crippen molar-refractivity contribution in [1.82, 2.24) is 5.32 Å². The number of furan rings is 1. The molecular formula is C16H18N2O4. The third kappa shape index (κ3) is 3.95. The molecule has 0 spiro atoms. The third-order valence-electron chi connectivity index (χ3n) is 3.08. The molecule has 2 amide bonds. The molecule has 0 saturated heterocycles. The number of amides is 2. The topological polar surface area (TPSA) is 80.6 Å². The molecule has 0 atom stereocenters. The second kappa shape index (κ2) is 7.42. The first-order chi connectivity index (χ1) is 10.6. The summed E-state index contributed by atoms with van der Waals surface area (Å²) in [5.74, 6) is -0.357. The van der Waals surface area contributed by atoms with Gasteiger partial charge < -0.3 is 19.8 Å². The van der Waals surface area contributed by atoms with Crippen LogP contribution in [0.2, 0.25) is 0 Å². The van der Waals surface area contributed by atoms with Gasteiger partial charge in [0.05, 0.1) is 12.9 Å². The molecule has 0 unspecified atom stereocenters. The molecule has 6 heteroatoms. The zero-order valence-corrected chi connectivity index (χ0v) is 12.5. The first kappa shape index (κ1) is 15.8. The lowest BCUT2D eigenvalue weighted by molar-refractivity contribution is 0.0935. The summed E-state index contributed by atoms with van der Waals surface area (Å²) in [6, 6.07) is 8.34. The Hall–Kier alpha value is -2.60. The van der Waals surface area contributed by atoms with Gasteiger partial charge in [-0.25, -0.2) is 0 Å². The molecule has 0 radical (unpaired) electrons. The molecule has 1 aromatic heterocycles. The van der Waals surface area contributed by atoms with Crippen LogP contribution < -0.4 is 10.6 Å². The molecule has 0 bridgehead atoms. The van der Waals surface area contributed by atoms with Gasteiger partial charge in [-0.2, -0.15) is 0 Å². The molecular weight excluding hydrogens is 284 g/mol. The van der Waals surface area contributed by atoms with Crippen molar-refractivity contribution in [1.29, 1.82) is 0 Å². The number of hydrogen-bond acceptors (Lipinski definition) is 4. The molecule has 0 aliphatic carbocycles. The quantitative estimate of drug-likeness (QED) is 0.802. The fourth-order valence-corrected chi connectivity index (χ4v) is 1.86. The van der Waals surface area contributed by atoms with Crippen LogP contribution in [0.15, 0.2) is 41.0 Å². The van der Waals surface area contributed by atoms with E-state index >= 15 is 0 Å². The highest BCUT2D eigenvalue weighted by molar-refractivity contribution is 6.03. The Kier molecular flexibility index (Phi) is 5.32. The fraction of sp³-hybridized carbons (Fsp3) is 0.250. The second-order valence-corrected chi connectivity index (χ2v) is 4.71. The second-order valence-electron chi connectivity index (χ2n) is 4.71. The number of hydrogen-bond donors (Lipinski definition) is 2. The molecule has 6 nitrogen and oxygen atoms in total. The van der Waals surface area contributed by atoms with Gasteiger partial charge in [-0.15, -0.1) is 0 Å². The van der Waals surface area contributed by atoms with E-state index in [9.17, 15) is 9.59 Å². The lowest BCUT2D eigenvalue weighted by Crippen LogP contribution is -2.27. The summed E-state index contributed by atoms with van der Waals surface area (Å²) in [5, 5.41) is 5.47. The first-order valence-corrected chi connectivity index (χ1v) is 6.84. The average Bonchev–Trinajstić information content (AvgIpc) is 3.04. The monoisotopic (exact) mass is 302 g/mol. The number of nitrogens with one attached hydrogen (secondary N) is 2. The van der Waals surface area contributed by atoms with Crippen molar-refractivity contribution in [3.05, 3.63) is 53.5 Å². The van der Waals surface area contributed by atoms with Gasteiger partial charge in [-0.1, -0.05) is 6.07 Å². The largest absolute Gasteiger partial charge is 0.459 e. The van der Waals surface area contributed by atoms with E-state index < -0.39 is 0 Å². The Morgan fingerprint density at radius 1 is 1.23 bits per heavy atom. The standard InChI is InChI=1S/C16H18N2O4/c1-11-5-6-12(15(19)17-7-9-21-2)10-13(11)18-16(20)14-4-3-8-22-14/h3-6,8,10H,7,9H2,1-2H3,(H,17,19)(H,18,20). The van der Waals surface area contributed by atoms with Gasteiger partial charge in [0.15, 0.2) is 5.76 Å². The van der Waals surface area contributed by atoms with Crippen molar-refractivity contribution >= 4 is 17.5 Å². The van der Waals surface area contributed by atoms with Crippen molar-refractivity contribution in [3.63, 3.8) is 0 Å². The summed E-state index contributed by atoms with van der Waals surface area (Å²) < 4.78 is 9.93. The van der Waals surface area contributed by atoms with Crippen molar-refractivity contribution in [3.8, 4) is 0 Å². The van der Waals surface area contributed by atoms with Crippen LogP contribution in [-0.2, 0) is 4.74 Å². The molecule has 0 aliphatic heterocycles. The molecule has 1 aromatic carbocycles. The Bertz CT molecular complexity index is 650. The molecule has 2 rings (SSSR count). The van der Waals surface area contributed by atoms with E-state index in [0.717, 1.165) is 5.56 Å². The Labute approximate surface area is 128 Å². The molecule has 0 saturated carbocycles. The minimum absolute atomic E-state index is 0.217. The van der Waals surface area contributed by atoms with E-state index in [1.807, 2.05) is 6.92 Å². The summed E-state index contributed by atoms with van der Waals surface area (Å²) in [4.78, 5) is 24.0. The number of anilines is 1. The lowest BCUT2D eigenvalue weighted by atomic mass is 10.1. The SMILES string of the molecule is COCCNC(=O)c1ccc(C)c(NC(=O)c2ccco2)c1. The van der Waals surface area contributed by atoms with Crippen LogP contribution in [0.1, 0.15) is 26.5 Å². The van der Waals surface area contributed by atoms with Crippen LogP contribution in [0.25, 0.3) is 0 Å². The highest BCUT2D eigenvalue weighted by Crippen LogP contribution is 2.18. The predicted molar refractivity (Wildman–Crippen MR) is 82.0 cm³/mol. The Morgan fingerprint density at radius 3 is 2.73 bits per heavy atom. The Morgan fingerprint density at radius 2 is 2.05 bits per heavy atom. The molecule has 2 aromatic rings. The van der Waals surface area contributed by atoms with E-state index in [1.165, 1.54) is 6.26 Å². The zero-order valence-electron chi connectivity index (χ0n) is 12.5. The summed E-state index contributed by atoms with van der Waals surface area (Å²) in [7, 11) is 1.57. The van der Waals surface area contributed by atoms with Crippen LogP contribution in [0.4, 0.5) is 5.69 Å². The maximum atomic E-state index is 12.0. The van der Waals surface area contributed by atoms with Crippen molar-refractivity contribution < 1.29 is 18.7 Å². The van der Waals surface area contributed by atoms with Gasteiger partial charge in [0.2, 0.25) is 0 Å². The Balaban J connectivity index is 2.09. The van der Waals surface area contributed by atoms with Crippen LogP contribution in [0.5, 0.6) is 0 Å². The highest BCUT2D eigenvalue weighted by atomic mass is 16.5. The number of ether oxygens (including phenoxy) is 1. The van der Waals surface area contributed by atoms with E-state index in [0.29, 0.717) is 24.4 Å². The van der Waals surface area contributed by atoms with Gasteiger partial charge in [-0.3, -0.25) is 9.59 Å². The van der Waals surface area contributed by atoms with Gasteiger partial charge >= 0.3 is 0 Å².